The summed E-state index contributed by atoms with van der Waals surface area (Å²) in [5.74, 6) is -1.09. The molecule has 2 N–H and O–H groups in total. The van der Waals surface area contributed by atoms with Crippen LogP contribution in [0, 0.1) is 0 Å². The number of carboxylic acids is 1. The number of carboxylic acid groups (broad SMARTS) is 1. The normalized spacial score (nSPS) is 11.9. The fourth-order valence-corrected chi connectivity index (χ4v) is 2.89. The molecule has 18 heavy (non-hydrogen) atoms. The molecule has 1 unspecified atom stereocenters. The van der Waals surface area contributed by atoms with E-state index in [2.05, 4.69) is 21.2 Å². The predicted molar refractivity (Wildman–Crippen MR) is 75.1 cm³/mol. The summed E-state index contributed by atoms with van der Waals surface area (Å²) >= 11 is 4.53. The lowest BCUT2D eigenvalue weighted by Gasteiger charge is -2.12. The van der Waals surface area contributed by atoms with Crippen molar-refractivity contribution in [1.29, 1.82) is 0 Å². The second-order valence-electron chi connectivity index (χ2n) is 3.60. The molecule has 0 aliphatic heterocycles. The number of carbonyl (C=O) groups is 2. The van der Waals surface area contributed by atoms with Gasteiger partial charge in [0.05, 0.1) is 10.8 Å². The van der Waals surface area contributed by atoms with Crippen molar-refractivity contribution >= 4 is 39.6 Å². The number of halogens is 1. The van der Waals surface area contributed by atoms with Crippen molar-refractivity contribution in [2.24, 2.45) is 0 Å². The number of benzene rings is 1. The van der Waals surface area contributed by atoms with Crippen LogP contribution in [0.5, 0.6) is 0 Å². The number of nitrogens with one attached hydrogen (secondary N) is 1. The first kappa shape index (κ1) is 15.0. The lowest BCUT2D eigenvalue weighted by Crippen LogP contribution is -2.30. The van der Waals surface area contributed by atoms with Gasteiger partial charge in [-0.1, -0.05) is 15.9 Å². The van der Waals surface area contributed by atoms with E-state index in [1.165, 1.54) is 17.8 Å². The van der Waals surface area contributed by atoms with Crippen molar-refractivity contribution in [3.05, 3.63) is 28.2 Å². The van der Waals surface area contributed by atoms with E-state index in [1.54, 1.807) is 19.1 Å². The maximum absolute atomic E-state index is 11.6. The Morgan fingerprint density at radius 2 is 2.17 bits per heavy atom. The third-order valence-corrected chi connectivity index (χ3v) is 3.85. The van der Waals surface area contributed by atoms with Crippen LogP contribution in [0.2, 0.25) is 0 Å². The largest absolute Gasteiger partial charge is 0.478 e. The molecule has 0 fully saturated rings. The Bertz CT molecular complexity index is 465. The van der Waals surface area contributed by atoms with Crippen molar-refractivity contribution in [1.82, 2.24) is 5.32 Å². The van der Waals surface area contributed by atoms with Gasteiger partial charge in [0.15, 0.2) is 0 Å². The van der Waals surface area contributed by atoms with Gasteiger partial charge >= 0.3 is 5.97 Å². The van der Waals surface area contributed by atoms with E-state index in [-0.39, 0.29) is 16.7 Å². The molecule has 0 bridgehead atoms. The first-order valence-electron chi connectivity index (χ1n) is 5.43. The summed E-state index contributed by atoms with van der Waals surface area (Å²) in [6.07, 6.45) is 0. The van der Waals surface area contributed by atoms with Gasteiger partial charge in [-0.15, -0.1) is 11.8 Å². The van der Waals surface area contributed by atoms with Crippen LogP contribution in [0.25, 0.3) is 0 Å². The highest BCUT2D eigenvalue weighted by Gasteiger charge is 2.18. The molecule has 1 amide bonds. The predicted octanol–water partition coefficient (Wildman–Crippen LogP) is 2.76. The topological polar surface area (TPSA) is 66.4 Å². The van der Waals surface area contributed by atoms with E-state index in [4.69, 9.17) is 5.11 Å². The summed E-state index contributed by atoms with van der Waals surface area (Å²) in [6, 6.07) is 4.91. The SMILES string of the molecule is CCNC(=O)C(C)Sc1cc(Br)ccc1C(=O)O. The Morgan fingerprint density at radius 3 is 2.72 bits per heavy atom. The van der Waals surface area contributed by atoms with Crippen LogP contribution in [0.1, 0.15) is 24.2 Å². The van der Waals surface area contributed by atoms with Gasteiger partial charge in [0.2, 0.25) is 5.91 Å². The Hall–Kier alpha value is -1.01. The highest BCUT2D eigenvalue weighted by atomic mass is 79.9. The van der Waals surface area contributed by atoms with Gasteiger partial charge in [0.1, 0.15) is 0 Å². The molecule has 0 saturated heterocycles. The molecule has 1 aromatic carbocycles. The molecule has 1 rings (SSSR count). The lowest BCUT2D eigenvalue weighted by atomic mass is 10.2. The molecule has 0 aliphatic rings. The first-order chi connectivity index (χ1) is 8.45. The summed E-state index contributed by atoms with van der Waals surface area (Å²) in [7, 11) is 0. The van der Waals surface area contributed by atoms with E-state index < -0.39 is 5.97 Å². The fraction of sp³-hybridized carbons (Fsp3) is 0.333. The number of thioether (sulfide) groups is 1. The number of hydrogen-bond acceptors (Lipinski definition) is 3. The van der Waals surface area contributed by atoms with Crippen LogP contribution in [0.4, 0.5) is 0 Å². The number of hydrogen-bond donors (Lipinski definition) is 2. The van der Waals surface area contributed by atoms with E-state index in [0.29, 0.717) is 11.4 Å². The van der Waals surface area contributed by atoms with Gasteiger partial charge < -0.3 is 10.4 Å². The Labute approximate surface area is 118 Å². The third-order valence-electron chi connectivity index (χ3n) is 2.20. The Balaban J connectivity index is 2.92. The molecule has 0 spiro atoms. The Kier molecular flexibility index (Phi) is 5.68. The summed E-state index contributed by atoms with van der Waals surface area (Å²) in [5.41, 5.74) is 0.208. The van der Waals surface area contributed by atoms with Crippen LogP contribution < -0.4 is 5.32 Å². The smallest absolute Gasteiger partial charge is 0.336 e. The van der Waals surface area contributed by atoms with Gasteiger partial charge in [-0.25, -0.2) is 4.79 Å². The zero-order valence-electron chi connectivity index (χ0n) is 10.1. The average molecular weight is 332 g/mol. The van der Waals surface area contributed by atoms with Crippen molar-refractivity contribution in [3.8, 4) is 0 Å². The van der Waals surface area contributed by atoms with Gasteiger partial charge in [-0.3, -0.25) is 4.79 Å². The van der Waals surface area contributed by atoms with Gasteiger partial charge in [0, 0.05) is 15.9 Å². The van der Waals surface area contributed by atoms with Crippen LogP contribution in [-0.4, -0.2) is 28.8 Å². The van der Waals surface area contributed by atoms with Crippen LogP contribution in [0.3, 0.4) is 0 Å². The number of aromatic carboxylic acids is 1. The summed E-state index contributed by atoms with van der Waals surface area (Å²) in [4.78, 5) is 23.3. The van der Waals surface area contributed by atoms with E-state index in [0.717, 1.165) is 4.47 Å². The lowest BCUT2D eigenvalue weighted by molar-refractivity contribution is -0.120. The zero-order valence-corrected chi connectivity index (χ0v) is 12.5. The second-order valence-corrected chi connectivity index (χ2v) is 5.90. The minimum absolute atomic E-state index is 0.0983. The standard InChI is InChI=1S/C12H14BrNO3S/c1-3-14-11(15)7(2)18-10-6-8(13)4-5-9(10)12(16)17/h4-7H,3H2,1-2H3,(H,14,15)(H,16,17). The quantitative estimate of drug-likeness (QED) is 0.814. The maximum Gasteiger partial charge on any atom is 0.336 e. The number of rotatable bonds is 5. The molecule has 0 aromatic heterocycles. The number of carbonyl (C=O) groups excluding carboxylic acids is 1. The van der Waals surface area contributed by atoms with Crippen LogP contribution >= 0.6 is 27.7 Å². The highest BCUT2D eigenvalue weighted by molar-refractivity contribution is 9.10. The highest BCUT2D eigenvalue weighted by Crippen LogP contribution is 2.29. The minimum atomic E-state index is -0.993. The van der Waals surface area contributed by atoms with Crippen LogP contribution in [-0.2, 0) is 4.79 Å². The summed E-state index contributed by atoms with van der Waals surface area (Å²) in [5, 5.41) is 11.5. The first-order valence-corrected chi connectivity index (χ1v) is 7.10. The maximum atomic E-state index is 11.6. The van der Waals surface area contributed by atoms with Crippen molar-refractivity contribution < 1.29 is 14.7 Å². The molecule has 0 saturated carbocycles. The average Bonchev–Trinajstić information content (AvgIpc) is 2.28. The summed E-state index contributed by atoms with van der Waals surface area (Å²) in [6.45, 7) is 4.16. The molecule has 1 aromatic rings. The monoisotopic (exact) mass is 331 g/mol. The second kappa shape index (κ2) is 6.80. The molecular formula is C12H14BrNO3S. The van der Waals surface area contributed by atoms with Crippen molar-refractivity contribution in [3.63, 3.8) is 0 Å². The zero-order chi connectivity index (χ0) is 13.7. The molecule has 1 atom stereocenters. The molecule has 0 radical (unpaired) electrons. The summed E-state index contributed by atoms with van der Waals surface area (Å²) < 4.78 is 0.790. The van der Waals surface area contributed by atoms with E-state index >= 15 is 0 Å². The molecule has 4 nitrogen and oxygen atoms in total. The van der Waals surface area contributed by atoms with Crippen molar-refractivity contribution in [2.75, 3.05) is 6.54 Å². The van der Waals surface area contributed by atoms with E-state index in [9.17, 15) is 9.59 Å². The van der Waals surface area contributed by atoms with Gasteiger partial charge in [-0.2, -0.15) is 0 Å². The molecule has 0 heterocycles. The van der Waals surface area contributed by atoms with Crippen LogP contribution in [0.15, 0.2) is 27.6 Å². The van der Waals surface area contributed by atoms with Gasteiger partial charge in [-0.05, 0) is 32.0 Å². The van der Waals surface area contributed by atoms with Gasteiger partial charge in [0.25, 0.3) is 0 Å². The van der Waals surface area contributed by atoms with Crippen molar-refractivity contribution in [2.45, 2.75) is 24.0 Å². The molecule has 6 heteroatoms. The van der Waals surface area contributed by atoms with E-state index in [1.807, 2.05) is 6.92 Å². The Morgan fingerprint density at radius 1 is 1.50 bits per heavy atom. The minimum Gasteiger partial charge on any atom is -0.478 e. The fourth-order valence-electron chi connectivity index (χ4n) is 1.33. The molecular weight excluding hydrogens is 318 g/mol. The molecule has 0 aliphatic carbocycles. The number of amides is 1. The molecule has 98 valence electrons. The third kappa shape index (κ3) is 4.03.